The van der Waals surface area contributed by atoms with E-state index in [1.807, 2.05) is 6.07 Å². The molecule has 0 radical (unpaired) electrons. The van der Waals surface area contributed by atoms with Crippen molar-refractivity contribution in [3.63, 3.8) is 0 Å². The van der Waals surface area contributed by atoms with E-state index < -0.39 is 0 Å². The van der Waals surface area contributed by atoms with Crippen molar-refractivity contribution < 1.29 is 4.79 Å². The van der Waals surface area contributed by atoms with Gasteiger partial charge < -0.3 is 10.6 Å². The van der Waals surface area contributed by atoms with Gasteiger partial charge >= 0.3 is 0 Å². The van der Waals surface area contributed by atoms with Crippen LogP contribution in [0.2, 0.25) is 0 Å². The molecule has 1 amide bonds. The van der Waals surface area contributed by atoms with E-state index >= 15 is 0 Å². The van der Waals surface area contributed by atoms with Crippen LogP contribution in [0, 0.1) is 0 Å². The summed E-state index contributed by atoms with van der Waals surface area (Å²) in [4.78, 5) is 11.4. The zero-order valence-corrected chi connectivity index (χ0v) is 11.5. The van der Waals surface area contributed by atoms with Crippen LogP contribution in [-0.4, -0.2) is 26.0 Å². The zero-order chi connectivity index (χ0) is 12.3. The molecule has 17 heavy (non-hydrogen) atoms. The zero-order valence-electron chi connectivity index (χ0n) is 9.92. The lowest BCUT2D eigenvalue weighted by atomic mass is 9.96. The third-order valence-corrected chi connectivity index (χ3v) is 3.75. The fourth-order valence-corrected chi connectivity index (χ4v) is 2.43. The van der Waals surface area contributed by atoms with Crippen LogP contribution in [0.4, 0.5) is 0 Å². The molecule has 4 heteroatoms. The van der Waals surface area contributed by atoms with Gasteiger partial charge in [0.2, 0.25) is 5.91 Å². The number of carbonyl (C=O) groups excluding carboxylic acids is 1. The SMILES string of the molecule is CNCC(=O)NCC1(c2cccc(Br)c2)CC1. The van der Waals surface area contributed by atoms with E-state index in [9.17, 15) is 4.79 Å². The van der Waals surface area contributed by atoms with Crippen molar-refractivity contribution in [2.24, 2.45) is 0 Å². The summed E-state index contributed by atoms with van der Waals surface area (Å²) in [6.45, 7) is 1.12. The smallest absolute Gasteiger partial charge is 0.233 e. The van der Waals surface area contributed by atoms with Gasteiger partial charge in [-0.05, 0) is 37.6 Å². The molecule has 0 spiro atoms. The summed E-state index contributed by atoms with van der Waals surface area (Å²) in [5.74, 6) is 0.0637. The minimum atomic E-state index is 0.0637. The molecular formula is C13H17BrN2O. The Labute approximate surface area is 110 Å². The fraction of sp³-hybridized carbons (Fsp3) is 0.462. The summed E-state index contributed by atoms with van der Waals surface area (Å²) in [5.41, 5.74) is 1.49. The number of benzene rings is 1. The second-order valence-corrected chi connectivity index (χ2v) is 5.51. The molecule has 0 aromatic heterocycles. The summed E-state index contributed by atoms with van der Waals surface area (Å²) in [6.07, 6.45) is 2.31. The molecule has 1 fully saturated rings. The van der Waals surface area contributed by atoms with E-state index in [1.54, 1.807) is 7.05 Å². The monoisotopic (exact) mass is 296 g/mol. The Bertz CT molecular complexity index is 416. The van der Waals surface area contributed by atoms with Crippen LogP contribution >= 0.6 is 15.9 Å². The van der Waals surface area contributed by atoms with Crippen LogP contribution in [0.3, 0.4) is 0 Å². The highest BCUT2D eigenvalue weighted by Gasteiger charge is 2.44. The van der Waals surface area contributed by atoms with E-state index in [0.29, 0.717) is 6.54 Å². The van der Waals surface area contributed by atoms with Gasteiger partial charge in [-0.25, -0.2) is 0 Å². The fourth-order valence-electron chi connectivity index (χ4n) is 2.03. The van der Waals surface area contributed by atoms with Crippen LogP contribution < -0.4 is 10.6 Å². The van der Waals surface area contributed by atoms with Gasteiger partial charge in [-0.3, -0.25) is 4.79 Å². The highest BCUT2D eigenvalue weighted by molar-refractivity contribution is 9.10. The molecule has 92 valence electrons. The molecule has 0 unspecified atom stereocenters. The average molecular weight is 297 g/mol. The number of rotatable bonds is 5. The van der Waals surface area contributed by atoms with Gasteiger partial charge in [-0.1, -0.05) is 28.1 Å². The Kier molecular flexibility index (Phi) is 3.84. The molecule has 0 aliphatic heterocycles. The number of likely N-dealkylation sites (N-methyl/N-ethyl adjacent to an activating group) is 1. The summed E-state index contributed by atoms with van der Waals surface area (Å²) in [7, 11) is 1.78. The molecule has 1 saturated carbocycles. The molecule has 0 bridgehead atoms. The van der Waals surface area contributed by atoms with Gasteiger partial charge in [0.25, 0.3) is 0 Å². The molecule has 1 aliphatic carbocycles. The van der Waals surface area contributed by atoms with Crippen LogP contribution in [0.1, 0.15) is 18.4 Å². The topological polar surface area (TPSA) is 41.1 Å². The van der Waals surface area contributed by atoms with Crippen LogP contribution in [-0.2, 0) is 10.2 Å². The number of nitrogens with one attached hydrogen (secondary N) is 2. The average Bonchev–Trinajstić information content (AvgIpc) is 3.08. The summed E-state index contributed by atoms with van der Waals surface area (Å²) in [5, 5.41) is 5.84. The van der Waals surface area contributed by atoms with Crippen molar-refractivity contribution in [1.29, 1.82) is 0 Å². The number of carbonyl (C=O) groups is 1. The van der Waals surface area contributed by atoms with E-state index in [-0.39, 0.29) is 11.3 Å². The number of hydrogen-bond acceptors (Lipinski definition) is 2. The lowest BCUT2D eigenvalue weighted by molar-refractivity contribution is -0.120. The first-order chi connectivity index (χ1) is 8.16. The van der Waals surface area contributed by atoms with Gasteiger partial charge in [-0.2, -0.15) is 0 Å². The Morgan fingerprint density at radius 1 is 1.47 bits per heavy atom. The Hall–Kier alpha value is -0.870. The largest absolute Gasteiger partial charge is 0.354 e. The van der Waals surface area contributed by atoms with E-state index in [2.05, 4.69) is 44.8 Å². The highest BCUT2D eigenvalue weighted by Crippen LogP contribution is 2.48. The van der Waals surface area contributed by atoms with Crippen molar-refractivity contribution in [2.75, 3.05) is 20.1 Å². The standard InChI is InChI=1S/C13H17BrN2O/c1-15-8-12(17)16-9-13(5-6-13)10-3-2-4-11(14)7-10/h2-4,7,15H,5-6,8-9H2,1H3,(H,16,17). The first kappa shape index (κ1) is 12.6. The Morgan fingerprint density at radius 2 is 2.24 bits per heavy atom. The number of halogens is 1. The summed E-state index contributed by atoms with van der Waals surface area (Å²) < 4.78 is 1.10. The molecule has 2 rings (SSSR count). The molecule has 0 atom stereocenters. The highest BCUT2D eigenvalue weighted by atomic mass is 79.9. The normalized spacial score (nSPS) is 16.6. The molecule has 1 aliphatic rings. The number of hydrogen-bond donors (Lipinski definition) is 2. The molecule has 0 saturated heterocycles. The quantitative estimate of drug-likeness (QED) is 0.870. The maximum absolute atomic E-state index is 11.4. The molecular weight excluding hydrogens is 280 g/mol. The third-order valence-electron chi connectivity index (χ3n) is 3.25. The molecule has 1 aromatic rings. The molecule has 1 aromatic carbocycles. The lowest BCUT2D eigenvalue weighted by Gasteiger charge is -2.17. The molecule has 0 heterocycles. The Morgan fingerprint density at radius 3 is 2.82 bits per heavy atom. The van der Waals surface area contributed by atoms with Crippen molar-refractivity contribution in [3.05, 3.63) is 34.3 Å². The predicted molar refractivity (Wildman–Crippen MR) is 72.0 cm³/mol. The van der Waals surface area contributed by atoms with Gasteiger partial charge in [0.15, 0.2) is 0 Å². The van der Waals surface area contributed by atoms with Gasteiger partial charge in [0, 0.05) is 16.4 Å². The van der Waals surface area contributed by atoms with E-state index in [0.717, 1.165) is 23.9 Å². The van der Waals surface area contributed by atoms with Crippen LogP contribution in [0.5, 0.6) is 0 Å². The van der Waals surface area contributed by atoms with Crippen molar-refractivity contribution in [2.45, 2.75) is 18.3 Å². The lowest BCUT2D eigenvalue weighted by Crippen LogP contribution is -2.37. The van der Waals surface area contributed by atoms with Gasteiger partial charge in [-0.15, -0.1) is 0 Å². The number of amides is 1. The first-order valence-corrected chi connectivity index (χ1v) is 6.63. The summed E-state index contributed by atoms with van der Waals surface area (Å²) >= 11 is 3.49. The third kappa shape index (κ3) is 3.07. The van der Waals surface area contributed by atoms with E-state index in [1.165, 1.54) is 5.56 Å². The molecule has 2 N–H and O–H groups in total. The maximum Gasteiger partial charge on any atom is 0.233 e. The van der Waals surface area contributed by atoms with Crippen LogP contribution in [0.25, 0.3) is 0 Å². The minimum absolute atomic E-state index is 0.0637. The van der Waals surface area contributed by atoms with Crippen molar-refractivity contribution in [3.8, 4) is 0 Å². The first-order valence-electron chi connectivity index (χ1n) is 5.84. The second-order valence-electron chi connectivity index (χ2n) is 4.60. The van der Waals surface area contributed by atoms with Crippen LogP contribution in [0.15, 0.2) is 28.7 Å². The van der Waals surface area contributed by atoms with E-state index in [4.69, 9.17) is 0 Å². The maximum atomic E-state index is 11.4. The predicted octanol–water partition coefficient (Wildman–Crippen LogP) is 1.82. The van der Waals surface area contributed by atoms with Crippen molar-refractivity contribution in [1.82, 2.24) is 10.6 Å². The second kappa shape index (κ2) is 5.19. The van der Waals surface area contributed by atoms with Gasteiger partial charge in [0.05, 0.1) is 6.54 Å². The minimum Gasteiger partial charge on any atom is -0.354 e. The van der Waals surface area contributed by atoms with Gasteiger partial charge in [0.1, 0.15) is 0 Å². The molecule has 3 nitrogen and oxygen atoms in total. The summed E-state index contributed by atoms with van der Waals surface area (Å²) in [6, 6.07) is 8.37. The Balaban J connectivity index is 1.98. The van der Waals surface area contributed by atoms with Crippen molar-refractivity contribution >= 4 is 21.8 Å².